The van der Waals surface area contributed by atoms with Crippen molar-refractivity contribution in [2.75, 3.05) is 19.1 Å². The molecule has 0 saturated carbocycles. The van der Waals surface area contributed by atoms with Crippen LogP contribution >= 0.6 is 23.4 Å². The van der Waals surface area contributed by atoms with Crippen LogP contribution in [0.5, 0.6) is 5.75 Å². The highest BCUT2D eigenvalue weighted by atomic mass is 35.5. The molecule has 1 aromatic carbocycles. The summed E-state index contributed by atoms with van der Waals surface area (Å²) in [7, 11) is 1.68. The first-order chi connectivity index (χ1) is 12.9. The Kier molecular flexibility index (Phi) is 10.6. The van der Waals surface area contributed by atoms with Crippen LogP contribution in [-0.2, 0) is 31.5 Å². The third-order valence-electron chi connectivity index (χ3n) is 3.77. The molecule has 152 valence electrons. The monoisotopic (exact) mass is 415 g/mol. The zero-order chi connectivity index (χ0) is 20.4. The van der Waals surface area contributed by atoms with E-state index in [2.05, 4.69) is 5.10 Å². The maximum Gasteiger partial charge on any atom is 0.347 e. The van der Waals surface area contributed by atoms with Crippen molar-refractivity contribution in [3.8, 4) is 5.75 Å². The Balaban J connectivity index is 0.00000114. The summed E-state index contributed by atoms with van der Waals surface area (Å²) >= 11 is 7.91. The van der Waals surface area contributed by atoms with Crippen molar-refractivity contribution in [1.82, 2.24) is 14.3 Å². The second-order valence-corrected chi connectivity index (χ2v) is 7.28. The van der Waals surface area contributed by atoms with Gasteiger partial charge in [0.05, 0.1) is 0 Å². The van der Waals surface area contributed by atoms with Gasteiger partial charge in [-0.1, -0.05) is 25.4 Å². The summed E-state index contributed by atoms with van der Waals surface area (Å²) in [6.07, 6.45) is 5.79. The first-order valence-corrected chi connectivity index (χ1v) is 10.9. The average Bonchev–Trinajstić information content (AvgIpc) is 2.91. The van der Waals surface area contributed by atoms with Crippen LogP contribution in [0.15, 0.2) is 16.9 Å². The molecule has 0 spiro atoms. The number of halogens is 1. The Labute approximate surface area is 170 Å². The molecule has 0 bridgehead atoms. The first kappa shape index (κ1) is 23.6. The predicted molar refractivity (Wildman–Crippen MR) is 113 cm³/mol. The molecule has 0 atom stereocenters. The summed E-state index contributed by atoms with van der Waals surface area (Å²) in [6, 6.07) is 3.84. The van der Waals surface area contributed by atoms with Crippen LogP contribution in [0.25, 0.3) is 0 Å². The largest absolute Gasteiger partial charge is 0.485 e. The Hall–Kier alpha value is -1.44. The minimum absolute atomic E-state index is 0.154. The van der Waals surface area contributed by atoms with Crippen LogP contribution in [0.2, 0.25) is 5.02 Å². The number of nitrogens with zero attached hydrogens (tertiary/aromatic N) is 3. The molecule has 0 radical (unpaired) electrons. The quantitative estimate of drug-likeness (QED) is 0.609. The normalized spacial score (nSPS) is 10.5. The van der Waals surface area contributed by atoms with Crippen molar-refractivity contribution in [2.24, 2.45) is 7.05 Å². The summed E-state index contributed by atoms with van der Waals surface area (Å²) in [5.74, 6) is 1.32. The van der Waals surface area contributed by atoms with Crippen LogP contribution in [0.3, 0.4) is 0 Å². The molecule has 1 heterocycles. The Bertz CT molecular complexity index is 774. The fourth-order valence-corrected chi connectivity index (χ4v) is 2.47. The highest BCUT2D eigenvalue weighted by molar-refractivity contribution is 7.97. The van der Waals surface area contributed by atoms with Gasteiger partial charge in [0, 0.05) is 18.7 Å². The minimum atomic E-state index is -0.215. The maximum atomic E-state index is 12.1. The summed E-state index contributed by atoms with van der Waals surface area (Å²) in [6.45, 7) is 6.95. The molecule has 0 N–H and O–H groups in total. The first-order valence-electron chi connectivity index (χ1n) is 8.91. The molecule has 8 heteroatoms. The number of hydrogen-bond acceptors (Lipinski definition) is 5. The van der Waals surface area contributed by atoms with Crippen LogP contribution < -0.4 is 10.4 Å². The minimum Gasteiger partial charge on any atom is -0.485 e. The third-order valence-corrected chi connectivity index (χ3v) is 4.18. The number of ether oxygens (including phenoxy) is 2. The van der Waals surface area contributed by atoms with E-state index in [1.54, 1.807) is 18.8 Å². The molecule has 0 aliphatic rings. The lowest BCUT2D eigenvalue weighted by Gasteiger charge is -2.12. The summed E-state index contributed by atoms with van der Waals surface area (Å²) < 4.78 is 14.1. The van der Waals surface area contributed by atoms with Gasteiger partial charge in [0.1, 0.15) is 19.1 Å². The summed E-state index contributed by atoms with van der Waals surface area (Å²) in [5, 5.41) is 5.01. The molecule has 6 nitrogen and oxygen atoms in total. The van der Waals surface area contributed by atoms with E-state index in [0.29, 0.717) is 12.4 Å². The van der Waals surface area contributed by atoms with Gasteiger partial charge in [-0.05, 0) is 55.5 Å². The van der Waals surface area contributed by atoms with Crippen LogP contribution in [0.4, 0.5) is 0 Å². The van der Waals surface area contributed by atoms with E-state index in [1.165, 1.54) is 9.25 Å². The van der Waals surface area contributed by atoms with Gasteiger partial charge in [0.2, 0.25) is 0 Å². The highest BCUT2D eigenvalue weighted by Crippen LogP contribution is 2.27. The third kappa shape index (κ3) is 6.90. The van der Waals surface area contributed by atoms with E-state index in [4.69, 9.17) is 21.1 Å². The van der Waals surface area contributed by atoms with Gasteiger partial charge >= 0.3 is 5.69 Å². The molecule has 0 saturated heterocycles. The molecule has 0 amide bonds. The number of aromatic nitrogens is 3. The fourth-order valence-electron chi connectivity index (χ4n) is 2.29. The van der Waals surface area contributed by atoms with Crippen molar-refractivity contribution in [2.45, 2.75) is 47.0 Å². The van der Waals surface area contributed by atoms with E-state index in [1.807, 2.05) is 45.4 Å². The smallest absolute Gasteiger partial charge is 0.347 e. The summed E-state index contributed by atoms with van der Waals surface area (Å²) in [5.41, 5.74) is 1.77. The van der Waals surface area contributed by atoms with Gasteiger partial charge in [0.15, 0.2) is 5.82 Å². The SMILES string of the molecule is CCCOCn1nc(COc2cc(C)c(Cl)cc2CC)n(C)c1=O.CSC. The van der Waals surface area contributed by atoms with E-state index in [0.717, 1.165) is 34.7 Å². The molecule has 0 unspecified atom stereocenters. The molecule has 0 aliphatic heterocycles. The van der Waals surface area contributed by atoms with Crippen LogP contribution in [0, 0.1) is 6.92 Å². The number of aryl methyl sites for hydroxylation is 2. The lowest BCUT2D eigenvalue weighted by Crippen LogP contribution is -2.24. The van der Waals surface area contributed by atoms with Crippen molar-refractivity contribution >= 4 is 23.4 Å². The zero-order valence-electron chi connectivity index (χ0n) is 17.0. The van der Waals surface area contributed by atoms with Gasteiger partial charge in [0.25, 0.3) is 0 Å². The van der Waals surface area contributed by atoms with Crippen LogP contribution in [0.1, 0.15) is 37.2 Å². The van der Waals surface area contributed by atoms with E-state index in [9.17, 15) is 4.79 Å². The number of thioether (sulfide) groups is 1. The second-order valence-electron chi connectivity index (χ2n) is 6.05. The fraction of sp³-hybridized carbons (Fsp3) is 0.579. The van der Waals surface area contributed by atoms with Gasteiger partial charge in [-0.3, -0.25) is 4.57 Å². The predicted octanol–water partition coefficient (Wildman–Crippen LogP) is 4.05. The lowest BCUT2D eigenvalue weighted by molar-refractivity contribution is 0.0662. The zero-order valence-corrected chi connectivity index (χ0v) is 18.6. The van der Waals surface area contributed by atoms with E-state index >= 15 is 0 Å². The molecule has 0 fully saturated rings. The van der Waals surface area contributed by atoms with E-state index in [-0.39, 0.29) is 19.0 Å². The molecular weight excluding hydrogens is 386 g/mol. The van der Waals surface area contributed by atoms with Gasteiger partial charge in [-0.15, -0.1) is 5.10 Å². The van der Waals surface area contributed by atoms with Crippen molar-refractivity contribution in [3.63, 3.8) is 0 Å². The van der Waals surface area contributed by atoms with Crippen LogP contribution in [-0.4, -0.2) is 33.5 Å². The second kappa shape index (κ2) is 12.1. The molecule has 2 rings (SSSR count). The summed E-state index contributed by atoms with van der Waals surface area (Å²) in [4.78, 5) is 12.1. The molecule has 0 aliphatic carbocycles. The lowest BCUT2D eigenvalue weighted by atomic mass is 10.1. The van der Waals surface area contributed by atoms with E-state index < -0.39 is 0 Å². The Morgan fingerprint density at radius 1 is 1.26 bits per heavy atom. The number of hydrogen-bond donors (Lipinski definition) is 0. The molecular formula is C19H30ClN3O3S. The molecule has 2 aromatic rings. The molecule has 1 aromatic heterocycles. The Morgan fingerprint density at radius 2 is 1.93 bits per heavy atom. The van der Waals surface area contributed by atoms with Gasteiger partial charge in [-0.25, -0.2) is 4.79 Å². The van der Waals surface area contributed by atoms with Crippen molar-refractivity contribution in [3.05, 3.63) is 44.6 Å². The highest BCUT2D eigenvalue weighted by Gasteiger charge is 2.12. The van der Waals surface area contributed by atoms with Gasteiger partial charge < -0.3 is 9.47 Å². The topological polar surface area (TPSA) is 58.3 Å². The standard InChI is InChI=1S/C17H24ClN3O3.C2H6S/c1-5-7-23-11-21-17(22)20(4)16(19-21)10-24-15-8-12(3)14(18)9-13(15)6-2;1-3-2/h8-9H,5-7,10-11H2,1-4H3;1-2H3. The van der Waals surface area contributed by atoms with Crippen molar-refractivity contribution < 1.29 is 9.47 Å². The Morgan fingerprint density at radius 3 is 2.52 bits per heavy atom. The number of rotatable bonds is 8. The number of benzene rings is 1. The molecule has 27 heavy (non-hydrogen) atoms. The average molecular weight is 416 g/mol. The van der Waals surface area contributed by atoms with Crippen molar-refractivity contribution in [1.29, 1.82) is 0 Å². The van der Waals surface area contributed by atoms with Gasteiger partial charge in [-0.2, -0.15) is 16.4 Å². The maximum absolute atomic E-state index is 12.1.